The van der Waals surface area contributed by atoms with Crippen molar-refractivity contribution in [2.75, 3.05) is 7.11 Å². The van der Waals surface area contributed by atoms with E-state index in [2.05, 4.69) is 27.6 Å². The van der Waals surface area contributed by atoms with Crippen LogP contribution in [0, 0.1) is 0 Å². The van der Waals surface area contributed by atoms with Crippen LogP contribution in [0.2, 0.25) is 0 Å². The summed E-state index contributed by atoms with van der Waals surface area (Å²) in [6.07, 6.45) is 2.23. The van der Waals surface area contributed by atoms with Gasteiger partial charge in [-0.2, -0.15) is 0 Å². The van der Waals surface area contributed by atoms with Gasteiger partial charge in [0.1, 0.15) is 0 Å². The molecule has 6 heteroatoms. The van der Waals surface area contributed by atoms with E-state index in [-0.39, 0.29) is 11.4 Å². The second-order valence-corrected chi connectivity index (χ2v) is 7.06. The van der Waals surface area contributed by atoms with Gasteiger partial charge in [0.25, 0.3) is 0 Å². The Morgan fingerprint density at radius 2 is 1.79 bits per heavy atom. The van der Waals surface area contributed by atoms with Crippen molar-refractivity contribution in [1.82, 2.24) is 15.5 Å². The van der Waals surface area contributed by atoms with Crippen LogP contribution in [0.5, 0.6) is 0 Å². The third-order valence-electron chi connectivity index (χ3n) is 5.07. The fourth-order valence-electron chi connectivity index (χ4n) is 3.40. The zero-order valence-electron chi connectivity index (χ0n) is 15.8. The molecule has 4 rings (SSSR count). The molecule has 1 amide bonds. The van der Waals surface area contributed by atoms with E-state index in [1.165, 1.54) is 0 Å². The maximum Gasteiger partial charge on any atom is 0.249 e. The van der Waals surface area contributed by atoms with Crippen LogP contribution < -0.4 is 5.32 Å². The van der Waals surface area contributed by atoms with E-state index in [9.17, 15) is 4.79 Å². The van der Waals surface area contributed by atoms with Crippen LogP contribution in [-0.2, 0) is 21.5 Å². The van der Waals surface area contributed by atoms with E-state index < -0.39 is 6.10 Å². The molecule has 0 bridgehead atoms. The first-order chi connectivity index (χ1) is 13.7. The molecule has 2 aromatic carbocycles. The molecule has 28 heavy (non-hydrogen) atoms. The van der Waals surface area contributed by atoms with Gasteiger partial charge in [-0.3, -0.25) is 4.79 Å². The van der Waals surface area contributed by atoms with E-state index in [0.29, 0.717) is 24.6 Å². The van der Waals surface area contributed by atoms with Crippen LogP contribution >= 0.6 is 0 Å². The van der Waals surface area contributed by atoms with Crippen molar-refractivity contribution in [3.63, 3.8) is 0 Å². The molecule has 0 aliphatic heterocycles. The molecule has 3 aromatic rings. The Morgan fingerprint density at radius 1 is 1.11 bits per heavy atom. The van der Waals surface area contributed by atoms with Gasteiger partial charge in [0.05, 0.1) is 5.54 Å². The Hall–Kier alpha value is -2.99. The largest absolute Gasteiger partial charge is 0.422 e. The average molecular weight is 377 g/mol. The highest BCUT2D eigenvalue weighted by Gasteiger charge is 2.45. The summed E-state index contributed by atoms with van der Waals surface area (Å²) < 4.78 is 11.3. The van der Waals surface area contributed by atoms with Crippen molar-refractivity contribution in [3.05, 3.63) is 83.6 Å². The highest BCUT2D eigenvalue weighted by atomic mass is 16.5. The topological polar surface area (TPSA) is 77.2 Å². The van der Waals surface area contributed by atoms with Crippen molar-refractivity contribution in [2.24, 2.45) is 0 Å². The summed E-state index contributed by atoms with van der Waals surface area (Å²) in [5.41, 5.74) is 1.90. The number of methoxy groups -OCH3 is 1. The Bertz CT molecular complexity index is 920. The SMILES string of the molecule is COC(c1ccccc1)c1nnc(CCC(=O)NC2(c3ccccc3)CC2)o1. The molecular formula is C22H23N3O3. The van der Waals surface area contributed by atoms with Crippen LogP contribution in [-0.4, -0.2) is 23.2 Å². The number of aryl methyl sites for hydroxylation is 1. The number of nitrogens with zero attached hydrogens (tertiary/aromatic N) is 2. The maximum atomic E-state index is 12.4. The van der Waals surface area contributed by atoms with Gasteiger partial charge in [-0.05, 0) is 24.0 Å². The van der Waals surface area contributed by atoms with Crippen molar-refractivity contribution in [2.45, 2.75) is 37.3 Å². The molecule has 0 spiro atoms. The summed E-state index contributed by atoms with van der Waals surface area (Å²) >= 11 is 0. The van der Waals surface area contributed by atoms with Crippen LogP contribution in [0.25, 0.3) is 0 Å². The molecule has 1 aromatic heterocycles. The van der Waals surface area contributed by atoms with E-state index in [0.717, 1.165) is 24.0 Å². The summed E-state index contributed by atoms with van der Waals surface area (Å²) in [6.45, 7) is 0. The number of carbonyl (C=O) groups excluding carboxylic acids is 1. The van der Waals surface area contributed by atoms with Crippen molar-refractivity contribution in [1.29, 1.82) is 0 Å². The average Bonchev–Trinajstić information content (AvgIpc) is 3.37. The van der Waals surface area contributed by atoms with Crippen LogP contribution in [0.4, 0.5) is 0 Å². The second-order valence-electron chi connectivity index (χ2n) is 7.06. The monoisotopic (exact) mass is 377 g/mol. The lowest BCUT2D eigenvalue weighted by Gasteiger charge is -2.17. The minimum atomic E-state index is -0.413. The van der Waals surface area contributed by atoms with E-state index in [4.69, 9.17) is 9.15 Å². The zero-order valence-corrected chi connectivity index (χ0v) is 15.8. The number of carbonyl (C=O) groups is 1. The molecule has 0 radical (unpaired) electrons. The van der Waals surface area contributed by atoms with Crippen LogP contribution in [0.1, 0.15) is 48.3 Å². The smallest absolute Gasteiger partial charge is 0.249 e. The van der Waals surface area contributed by atoms with Crippen LogP contribution in [0.3, 0.4) is 0 Å². The molecule has 1 unspecified atom stereocenters. The number of benzene rings is 2. The number of ether oxygens (including phenoxy) is 1. The quantitative estimate of drug-likeness (QED) is 0.650. The number of nitrogens with one attached hydrogen (secondary N) is 1. The molecule has 1 saturated carbocycles. The van der Waals surface area contributed by atoms with Gasteiger partial charge in [-0.25, -0.2) is 0 Å². The van der Waals surface area contributed by atoms with Gasteiger partial charge in [0.2, 0.25) is 17.7 Å². The first-order valence-corrected chi connectivity index (χ1v) is 9.47. The predicted octanol–water partition coefficient (Wildman–Crippen LogP) is 3.54. The Kier molecular flexibility index (Phi) is 5.21. The summed E-state index contributed by atoms with van der Waals surface area (Å²) in [4.78, 5) is 12.4. The lowest BCUT2D eigenvalue weighted by molar-refractivity contribution is -0.122. The summed E-state index contributed by atoms with van der Waals surface area (Å²) in [6, 6.07) is 19.8. The summed E-state index contributed by atoms with van der Waals surface area (Å²) in [5, 5.41) is 11.3. The van der Waals surface area contributed by atoms with E-state index >= 15 is 0 Å². The normalized spacial score (nSPS) is 15.8. The Balaban J connectivity index is 1.35. The first kappa shape index (κ1) is 18.4. The molecule has 1 aliphatic carbocycles. The fourth-order valence-corrected chi connectivity index (χ4v) is 3.40. The third-order valence-corrected chi connectivity index (χ3v) is 5.07. The van der Waals surface area contributed by atoms with Gasteiger partial charge < -0.3 is 14.5 Å². The molecular weight excluding hydrogens is 354 g/mol. The maximum absolute atomic E-state index is 12.4. The minimum Gasteiger partial charge on any atom is -0.422 e. The van der Waals surface area contributed by atoms with Gasteiger partial charge in [-0.1, -0.05) is 60.7 Å². The zero-order chi connectivity index (χ0) is 19.4. The number of amides is 1. The molecule has 0 saturated heterocycles. The highest BCUT2D eigenvalue weighted by molar-refractivity contribution is 5.77. The molecule has 6 nitrogen and oxygen atoms in total. The van der Waals surface area contributed by atoms with Gasteiger partial charge >= 0.3 is 0 Å². The summed E-state index contributed by atoms with van der Waals surface area (Å²) in [5.74, 6) is 0.826. The first-order valence-electron chi connectivity index (χ1n) is 9.47. The molecule has 1 heterocycles. The van der Waals surface area contributed by atoms with Gasteiger partial charge in [-0.15, -0.1) is 10.2 Å². The third kappa shape index (κ3) is 3.97. The highest BCUT2D eigenvalue weighted by Crippen LogP contribution is 2.45. The van der Waals surface area contributed by atoms with Crippen LogP contribution in [0.15, 0.2) is 65.1 Å². The Labute approximate surface area is 163 Å². The fraction of sp³-hybridized carbons (Fsp3) is 0.318. The Morgan fingerprint density at radius 3 is 2.43 bits per heavy atom. The van der Waals surface area contributed by atoms with Crippen molar-refractivity contribution < 1.29 is 13.9 Å². The second kappa shape index (κ2) is 7.94. The summed E-state index contributed by atoms with van der Waals surface area (Å²) in [7, 11) is 1.60. The van der Waals surface area contributed by atoms with Gasteiger partial charge in [0, 0.05) is 20.0 Å². The van der Waals surface area contributed by atoms with Gasteiger partial charge in [0.15, 0.2) is 6.10 Å². The molecule has 1 atom stereocenters. The molecule has 1 N–H and O–H groups in total. The lowest BCUT2D eigenvalue weighted by atomic mass is 10.0. The number of aromatic nitrogens is 2. The predicted molar refractivity (Wildman–Crippen MR) is 103 cm³/mol. The molecule has 1 fully saturated rings. The van der Waals surface area contributed by atoms with E-state index in [1.807, 2.05) is 48.5 Å². The number of hydrogen-bond acceptors (Lipinski definition) is 5. The number of hydrogen-bond donors (Lipinski definition) is 1. The van der Waals surface area contributed by atoms with Crippen molar-refractivity contribution in [3.8, 4) is 0 Å². The standard InChI is InChI=1S/C22H23N3O3/c1-27-20(16-8-4-2-5-9-16)21-25-24-19(28-21)13-12-18(26)23-22(14-15-22)17-10-6-3-7-11-17/h2-11,20H,12-15H2,1H3,(H,23,26). The molecule has 1 aliphatic rings. The number of rotatable bonds is 8. The molecule has 144 valence electrons. The lowest BCUT2D eigenvalue weighted by Crippen LogP contribution is -2.34. The minimum absolute atomic E-state index is 0.00699. The van der Waals surface area contributed by atoms with E-state index in [1.54, 1.807) is 7.11 Å². The van der Waals surface area contributed by atoms with Crippen molar-refractivity contribution >= 4 is 5.91 Å².